The third-order valence-corrected chi connectivity index (χ3v) is 4.54. The van der Waals surface area contributed by atoms with Crippen LogP contribution in [0.5, 0.6) is 0 Å². The zero-order valence-electron chi connectivity index (χ0n) is 17.5. The van der Waals surface area contributed by atoms with Crippen LogP contribution in [-0.2, 0) is 0 Å². The predicted octanol–water partition coefficient (Wildman–Crippen LogP) is 0.733. The normalized spacial score (nSPS) is 13.2. The Morgan fingerprint density at radius 1 is 0.542 bits per heavy atom. The van der Waals surface area contributed by atoms with Gasteiger partial charge >= 0.3 is 17.4 Å². The van der Waals surface area contributed by atoms with Gasteiger partial charge in [-0.2, -0.15) is 0 Å². The summed E-state index contributed by atoms with van der Waals surface area (Å²) in [6.45, 7) is 17.6. The fourth-order valence-corrected chi connectivity index (χ4v) is 2.31. The predicted molar refractivity (Wildman–Crippen MR) is 100 cm³/mol. The van der Waals surface area contributed by atoms with E-state index >= 15 is 0 Å². The minimum atomic E-state index is 0. The maximum Gasteiger partial charge on any atom is 3.00 e. The number of hydrogen-bond acceptors (Lipinski definition) is 2. The largest absolute Gasteiger partial charge is 3.00 e. The second-order valence-corrected chi connectivity index (χ2v) is 8.28. The molecule has 0 amide bonds. The van der Waals surface area contributed by atoms with E-state index in [2.05, 4.69) is 55.4 Å². The van der Waals surface area contributed by atoms with Crippen LogP contribution in [0.15, 0.2) is 0 Å². The van der Waals surface area contributed by atoms with Crippen LogP contribution >= 0.6 is 0 Å². The summed E-state index contributed by atoms with van der Waals surface area (Å²) < 4.78 is 0. The van der Waals surface area contributed by atoms with Crippen LogP contribution in [-0.4, -0.2) is 30.6 Å². The van der Waals surface area contributed by atoms with Gasteiger partial charge in [0.05, 0.1) is 0 Å². The van der Waals surface area contributed by atoms with Crippen LogP contribution in [0, 0.1) is 35.5 Å². The molecule has 0 aromatic heterocycles. The Balaban J connectivity index is -0.000000154. The maximum absolute atomic E-state index is 10.7. The molecule has 0 saturated carbocycles. The zero-order chi connectivity index (χ0) is 17.7. The molecule has 0 rings (SSSR count). The summed E-state index contributed by atoms with van der Waals surface area (Å²) >= 11 is 0. The molecule has 0 aliphatic carbocycles. The molecule has 4 heteroatoms. The first-order valence-corrected chi connectivity index (χ1v) is 9.31. The molecule has 0 fully saturated rings. The molecule has 0 spiro atoms. The minimum Gasteiger partial charge on any atom is -1.00 e. The van der Waals surface area contributed by atoms with Crippen molar-refractivity contribution in [2.24, 2.45) is 35.5 Å². The van der Waals surface area contributed by atoms with Gasteiger partial charge in [0.1, 0.15) is 0 Å². The van der Waals surface area contributed by atoms with E-state index in [9.17, 15) is 10.2 Å². The summed E-state index contributed by atoms with van der Waals surface area (Å²) in [4.78, 5) is 0. The summed E-state index contributed by atoms with van der Waals surface area (Å²) in [6.07, 6.45) is 4.62. The van der Waals surface area contributed by atoms with E-state index < -0.39 is 0 Å². The fourth-order valence-electron chi connectivity index (χ4n) is 2.31. The third kappa shape index (κ3) is 20.8. The summed E-state index contributed by atoms with van der Waals surface area (Å²) in [5, 5.41) is 21.4. The second-order valence-electron chi connectivity index (χ2n) is 8.28. The molecular formula is C20H42AlClO2. The molecular weight excluding hydrogens is 335 g/mol. The van der Waals surface area contributed by atoms with E-state index in [-0.39, 0.29) is 43.0 Å². The van der Waals surface area contributed by atoms with Gasteiger partial charge in [-0.05, 0) is 23.7 Å². The van der Waals surface area contributed by atoms with Crippen LogP contribution in [0.4, 0.5) is 0 Å². The SMILES string of the molecule is CC(C)CCC(C[O-])C(C)C.CC(C)CCC(C[O-])C(C)C.[Al+3].[Cl-]. The summed E-state index contributed by atoms with van der Waals surface area (Å²) in [5.74, 6) is 3.40. The summed E-state index contributed by atoms with van der Waals surface area (Å²) in [6, 6.07) is 0. The number of halogens is 1. The molecule has 144 valence electrons. The fraction of sp³-hybridized carbons (Fsp3) is 1.00. The molecule has 0 N–H and O–H groups in total. The molecule has 0 heterocycles. The summed E-state index contributed by atoms with van der Waals surface area (Å²) in [5.41, 5.74) is 0. The Hall–Kier alpha value is 0.742. The van der Waals surface area contributed by atoms with Gasteiger partial charge in [0.15, 0.2) is 0 Å². The molecule has 2 nitrogen and oxygen atoms in total. The average Bonchev–Trinajstić information content (AvgIpc) is 2.39. The molecule has 0 aromatic carbocycles. The van der Waals surface area contributed by atoms with Crippen molar-refractivity contribution in [1.29, 1.82) is 0 Å². The number of rotatable bonds is 10. The molecule has 2 atom stereocenters. The Kier molecular flexibility index (Phi) is 27.1. The second kappa shape index (κ2) is 20.1. The van der Waals surface area contributed by atoms with Gasteiger partial charge in [0.2, 0.25) is 0 Å². The smallest absolute Gasteiger partial charge is 1.00 e. The van der Waals surface area contributed by atoms with Crippen molar-refractivity contribution in [1.82, 2.24) is 0 Å². The Morgan fingerprint density at radius 3 is 0.917 bits per heavy atom. The van der Waals surface area contributed by atoms with Gasteiger partial charge < -0.3 is 22.6 Å². The molecule has 24 heavy (non-hydrogen) atoms. The maximum atomic E-state index is 10.7. The van der Waals surface area contributed by atoms with Crippen molar-refractivity contribution in [2.75, 3.05) is 13.2 Å². The van der Waals surface area contributed by atoms with Crippen molar-refractivity contribution in [3.63, 3.8) is 0 Å². The molecule has 0 saturated heterocycles. The van der Waals surface area contributed by atoms with Crippen molar-refractivity contribution >= 4 is 17.4 Å². The van der Waals surface area contributed by atoms with Crippen LogP contribution in [0.3, 0.4) is 0 Å². The average molecular weight is 377 g/mol. The van der Waals surface area contributed by atoms with Gasteiger partial charge in [0, 0.05) is 0 Å². The first-order valence-electron chi connectivity index (χ1n) is 9.31. The van der Waals surface area contributed by atoms with Crippen LogP contribution < -0.4 is 22.6 Å². The van der Waals surface area contributed by atoms with Crippen molar-refractivity contribution < 1.29 is 22.6 Å². The topological polar surface area (TPSA) is 46.1 Å². The monoisotopic (exact) mass is 376 g/mol. The minimum absolute atomic E-state index is 0. The first kappa shape index (κ1) is 32.4. The Bertz CT molecular complexity index is 210. The van der Waals surface area contributed by atoms with Crippen molar-refractivity contribution in [2.45, 2.75) is 81.1 Å². The van der Waals surface area contributed by atoms with E-state index in [4.69, 9.17) is 0 Å². The number of hydrogen-bond donors (Lipinski definition) is 0. The van der Waals surface area contributed by atoms with Gasteiger partial charge in [-0.15, -0.1) is 13.2 Å². The third-order valence-electron chi connectivity index (χ3n) is 4.54. The molecule has 0 aliphatic heterocycles. The van der Waals surface area contributed by atoms with Crippen molar-refractivity contribution in [3.8, 4) is 0 Å². The van der Waals surface area contributed by atoms with Gasteiger partial charge in [-0.1, -0.05) is 92.9 Å². The van der Waals surface area contributed by atoms with E-state index in [1.54, 1.807) is 0 Å². The first-order chi connectivity index (χ1) is 10.1. The molecule has 2 unspecified atom stereocenters. The van der Waals surface area contributed by atoms with Gasteiger partial charge in [0.25, 0.3) is 0 Å². The van der Waals surface area contributed by atoms with E-state index in [0.29, 0.717) is 23.7 Å². The van der Waals surface area contributed by atoms with Crippen LogP contribution in [0.25, 0.3) is 0 Å². The Morgan fingerprint density at radius 2 is 0.792 bits per heavy atom. The molecule has 0 radical (unpaired) electrons. The molecule has 0 aromatic rings. The van der Waals surface area contributed by atoms with E-state index in [1.165, 1.54) is 12.8 Å². The van der Waals surface area contributed by atoms with Crippen molar-refractivity contribution in [3.05, 3.63) is 0 Å². The van der Waals surface area contributed by atoms with Gasteiger partial charge in [-0.3, -0.25) is 0 Å². The molecule has 0 aliphatic rings. The molecule has 0 bridgehead atoms. The van der Waals surface area contributed by atoms with Crippen LogP contribution in [0.1, 0.15) is 81.1 Å². The standard InChI is InChI=1S/2C10H21O.Al.ClH/c2*1-8(2)5-6-10(7-11)9(3)4;;/h2*8-10H,5-7H2,1-4H3;;1H/q2*-1;+3;/p-1. The van der Waals surface area contributed by atoms with Crippen LogP contribution in [0.2, 0.25) is 0 Å². The zero-order valence-corrected chi connectivity index (χ0v) is 19.4. The summed E-state index contributed by atoms with van der Waals surface area (Å²) in [7, 11) is 0. The van der Waals surface area contributed by atoms with Gasteiger partial charge in [-0.25, -0.2) is 0 Å². The van der Waals surface area contributed by atoms with E-state index in [0.717, 1.165) is 24.7 Å². The Labute approximate surface area is 169 Å². The quantitative estimate of drug-likeness (QED) is 0.528. The van der Waals surface area contributed by atoms with E-state index in [1.807, 2.05) is 0 Å².